The second-order valence-corrected chi connectivity index (χ2v) is 5.32. The summed E-state index contributed by atoms with van der Waals surface area (Å²) in [5, 5.41) is 9.73. The van der Waals surface area contributed by atoms with Crippen LogP contribution in [0.3, 0.4) is 0 Å². The molecule has 6 heteroatoms. The van der Waals surface area contributed by atoms with Crippen LogP contribution < -0.4 is 16.2 Å². The van der Waals surface area contributed by atoms with Gasteiger partial charge in [0, 0.05) is 12.2 Å². The van der Waals surface area contributed by atoms with Crippen LogP contribution in [0.1, 0.15) is 24.8 Å². The quantitative estimate of drug-likeness (QED) is 0.601. The predicted octanol–water partition coefficient (Wildman–Crippen LogP) is 2.63. The van der Waals surface area contributed by atoms with Crippen molar-refractivity contribution >= 4 is 22.2 Å². The number of aromatic nitrogens is 2. The first-order valence-electron chi connectivity index (χ1n) is 6.42. The van der Waals surface area contributed by atoms with Gasteiger partial charge in [-0.25, -0.2) is 5.84 Å². The number of hydrazine groups is 1. The zero-order valence-corrected chi connectivity index (χ0v) is 11.9. The number of nitrogens with one attached hydrogen (secondary N) is 1. The first kappa shape index (κ1) is 13.8. The van der Waals surface area contributed by atoms with E-state index >= 15 is 0 Å². The molecule has 102 valence electrons. The molecular weight excluding hydrogens is 258 g/mol. The highest BCUT2D eigenvalue weighted by Crippen LogP contribution is 2.21. The molecule has 0 unspecified atom stereocenters. The molecule has 0 amide bonds. The van der Waals surface area contributed by atoms with Crippen molar-refractivity contribution in [2.45, 2.75) is 26.3 Å². The number of hydrogen-bond donors (Lipinski definition) is 2. The molecule has 5 nitrogen and oxygen atoms in total. The van der Waals surface area contributed by atoms with Gasteiger partial charge >= 0.3 is 0 Å². The Morgan fingerprint density at radius 1 is 1.26 bits per heavy atom. The summed E-state index contributed by atoms with van der Waals surface area (Å²) in [6.07, 6.45) is 2.34. The van der Waals surface area contributed by atoms with E-state index in [-0.39, 0.29) is 0 Å². The molecule has 0 bridgehead atoms. The lowest BCUT2D eigenvalue weighted by Gasteiger charge is -2.23. The van der Waals surface area contributed by atoms with Gasteiger partial charge in [0.05, 0.1) is 6.54 Å². The summed E-state index contributed by atoms with van der Waals surface area (Å²) < 4.78 is 0. The third kappa shape index (κ3) is 3.90. The number of nitrogens with zero attached hydrogens (tertiary/aromatic N) is 3. The molecule has 1 aromatic carbocycles. The molecule has 0 spiro atoms. The molecule has 0 aliphatic carbocycles. The van der Waals surface area contributed by atoms with Crippen LogP contribution in [0.2, 0.25) is 0 Å². The Morgan fingerprint density at radius 2 is 2.05 bits per heavy atom. The lowest BCUT2D eigenvalue weighted by molar-refractivity contribution is 0.710. The van der Waals surface area contributed by atoms with Gasteiger partial charge in [0.15, 0.2) is 0 Å². The van der Waals surface area contributed by atoms with Crippen molar-refractivity contribution in [3.63, 3.8) is 0 Å². The molecule has 0 aliphatic rings. The highest BCUT2D eigenvalue weighted by molar-refractivity contribution is 7.15. The average molecular weight is 277 g/mol. The largest absolute Gasteiger partial charge is 0.365 e. The lowest BCUT2D eigenvalue weighted by atomic mass is 10.2. The van der Waals surface area contributed by atoms with Crippen LogP contribution in [0.5, 0.6) is 0 Å². The Morgan fingerprint density at radius 3 is 2.68 bits per heavy atom. The van der Waals surface area contributed by atoms with E-state index in [4.69, 9.17) is 5.84 Å². The number of nitrogen functional groups attached to an aromatic ring is 1. The molecule has 0 atom stereocenters. The standard InChI is InChI=1S/C13H19N5S/c1-2-3-9-18(11-7-5-4-6-8-11)10-12-16-17-13(15-14)19-12/h4-8H,2-3,9-10,14H2,1H3,(H,15,17). The topological polar surface area (TPSA) is 67.1 Å². The van der Waals surface area contributed by atoms with Gasteiger partial charge in [-0.2, -0.15) is 0 Å². The van der Waals surface area contributed by atoms with Gasteiger partial charge in [-0.3, -0.25) is 5.43 Å². The number of benzene rings is 1. The number of para-hydroxylation sites is 1. The molecule has 0 saturated carbocycles. The Labute approximate surface area is 117 Å². The Balaban J connectivity index is 2.09. The molecule has 0 saturated heterocycles. The zero-order chi connectivity index (χ0) is 13.5. The highest BCUT2D eigenvalue weighted by Gasteiger charge is 2.10. The van der Waals surface area contributed by atoms with Crippen LogP contribution in [0.4, 0.5) is 10.8 Å². The van der Waals surface area contributed by atoms with E-state index in [0.29, 0.717) is 5.13 Å². The lowest BCUT2D eigenvalue weighted by Crippen LogP contribution is -2.23. The fourth-order valence-electron chi connectivity index (χ4n) is 1.83. The summed E-state index contributed by atoms with van der Waals surface area (Å²) in [6, 6.07) is 10.4. The maximum absolute atomic E-state index is 5.33. The van der Waals surface area contributed by atoms with Gasteiger partial charge < -0.3 is 4.90 Å². The monoisotopic (exact) mass is 277 g/mol. The number of unbranched alkanes of at least 4 members (excludes halogenated alkanes) is 1. The van der Waals surface area contributed by atoms with Crippen molar-refractivity contribution < 1.29 is 0 Å². The summed E-state index contributed by atoms with van der Waals surface area (Å²) >= 11 is 1.49. The van der Waals surface area contributed by atoms with Crippen molar-refractivity contribution in [2.24, 2.45) is 5.84 Å². The van der Waals surface area contributed by atoms with E-state index in [9.17, 15) is 0 Å². The summed E-state index contributed by atoms with van der Waals surface area (Å²) in [4.78, 5) is 2.32. The van der Waals surface area contributed by atoms with E-state index in [0.717, 1.165) is 24.5 Å². The summed E-state index contributed by atoms with van der Waals surface area (Å²) in [5.41, 5.74) is 3.75. The fourth-order valence-corrected chi connectivity index (χ4v) is 2.49. The number of anilines is 2. The predicted molar refractivity (Wildman–Crippen MR) is 80.1 cm³/mol. The first-order chi connectivity index (χ1) is 9.33. The van der Waals surface area contributed by atoms with Gasteiger partial charge in [-0.15, -0.1) is 10.2 Å². The first-order valence-corrected chi connectivity index (χ1v) is 7.24. The number of nitrogens with two attached hydrogens (primary N) is 1. The van der Waals surface area contributed by atoms with Crippen molar-refractivity contribution in [1.29, 1.82) is 0 Å². The molecule has 2 rings (SSSR count). The molecule has 2 aromatic rings. The van der Waals surface area contributed by atoms with Crippen LogP contribution in [0, 0.1) is 0 Å². The Bertz CT molecular complexity index is 485. The Hall–Kier alpha value is -1.66. The van der Waals surface area contributed by atoms with Gasteiger partial charge in [-0.1, -0.05) is 42.9 Å². The maximum Gasteiger partial charge on any atom is 0.219 e. The Kier molecular flexibility index (Phi) is 5.11. The van der Waals surface area contributed by atoms with Crippen LogP contribution in [0.25, 0.3) is 0 Å². The van der Waals surface area contributed by atoms with Gasteiger partial charge in [0.1, 0.15) is 5.01 Å². The number of hydrogen-bond acceptors (Lipinski definition) is 6. The molecule has 3 N–H and O–H groups in total. The zero-order valence-electron chi connectivity index (χ0n) is 11.0. The van der Waals surface area contributed by atoms with Gasteiger partial charge in [-0.05, 0) is 18.6 Å². The van der Waals surface area contributed by atoms with Crippen molar-refractivity contribution in [1.82, 2.24) is 10.2 Å². The second kappa shape index (κ2) is 7.06. The minimum absolute atomic E-state index is 0.651. The normalized spacial score (nSPS) is 10.4. The van der Waals surface area contributed by atoms with Crippen molar-refractivity contribution in [3.8, 4) is 0 Å². The highest BCUT2D eigenvalue weighted by atomic mass is 32.1. The minimum atomic E-state index is 0.651. The maximum atomic E-state index is 5.33. The van der Waals surface area contributed by atoms with Crippen LogP contribution in [-0.4, -0.2) is 16.7 Å². The van der Waals surface area contributed by atoms with Crippen LogP contribution >= 0.6 is 11.3 Å². The van der Waals surface area contributed by atoms with E-state index < -0.39 is 0 Å². The molecule has 19 heavy (non-hydrogen) atoms. The summed E-state index contributed by atoms with van der Waals surface area (Å²) in [6.45, 7) is 3.99. The minimum Gasteiger partial charge on any atom is -0.365 e. The van der Waals surface area contributed by atoms with Gasteiger partial charge in [0.25, 0.3) is 0 Å². The van der Waals surface area contributed by atoms with Crippen LogP contribution in [0.15, 0.2) is 30.3 Å². The molecular formula is C13H19N5S. The summed E-state index contributed by atoms with van der Waals surface area (Å²) in [5.74, 6) is 5.33. The third-order valence-electron chi connectivity index (χ3n) is 2.82. The summed E-state index contributed by atoms with van der Waals surface area (Å²) in [7, 11) is 0. The van der Waals surface area contributed by atoms with Crippen molar-refractivity contribution in [3.05, 3.63) is 35.3 Å². The fraction of sp³-hybridized carbons (Fsp3) is 0.385. The van der Waals surface area contributed by atoms with E-state index in [1.807, 2.05) is 6.07 Å². The third-order valence-corrected chi connectivity index (χ3v) is 3.66. The van der Waals surface area contributed by atoms with Crippen molar-refractivity contribution in [2.75, 3.05) is 16.9 Å². The van der Waals surface area contributed by atoms with E-state index in [2.05, 4.69) is 51.7 Å². The smallest absolute Gasteiger partial charge is 0.219 e. The average Bonchev–Trinajstić information content (AvgIpc) is 2.92. The molecule has 1 heterocycles. The van der Waals surface area contributed by atoms with Crippen LogP contribution in [-0.2, 0) is 6.54 Å². The van der Waals surface area contributed by atoms with Gasteiger partial charge in [0.2, 0.25) is 5.13 Å². The molecule has 0 aliphatic heterocycles. The molecule has 0 fully saturated rings. The molecule has 0 radical (unpaired) electrons. The SMILES string of the molecule is CCCCN(Cc1nnc(NN)s1)c1ccccc1. The molecule has 1 aromatic heterocycles. The second-order valence-electron chi connectivity index (χ2n) is 4.26. The van der Waals surface area contributed by atoms with E-state index in [1.54, 1.807) is 0 Å². The van der Waals surface area contributed by atoms with E-state index in [1.165, 1.54) is 23.4 Å². The number of rotatable bonds is 7.